The van der Waals surface area contributed by atoms with Crippen LogP contribution in [-0.2, 0) is 0 Å². The van der Waals surface area contributed by atoms with Gasteiger partial charge in [-0.25, -0.2) is 4.39 Å². The zero-order valence-electron chi connectivity index (χ0n) is 4.55. The van der Waals surface area contributed by atoms with E-state index in [0.717, 1.165) is 0 Å². The van der Waals surface area contributed by atoms with Crippen molar-refractivity contribution >= 4 is 58.0 Å². The molecule has 0 aromatic rings. The molecule has 0 unspecified atom stereocenters. The van der Waals surface area contributed by atoms with Gasteiger partial charge in [0.1, 0.15) is 0 Å². The van der Waals surface area contributed by atoms with Gasteiger partial charge in [0.15, 0.2) is 0 Å². The lowest BCUT2D eigenvalue weighted by atomic mass is 11.8. The summed E-state index contributed by atoms with van der Waals surface area (Å²) in [5.41, 5.74) is 0. The molecule has 0 radical (unpaired) electrons. The first-order valence-corrected chi connectivity index (χ1v) is 4.26. The second-order valence-electron chi connectivity index (χ2n) is 0.348. The molecular formula is C3H6Cl5F. The van der Waals surface area contributed by atoms with E-state index in [0.29, 0.717) is 0 Å². The van der Waals surface area contributed by atoms with Gasteiger partial charge in [-0.15, -0.1) is 34.8 Å². The molecule has 0 N–H and O–H groups in total. The van der Waals surface area contributed by atoms with Crippen LogP contribution in [0.1, 0.15) is 0 Å². The summed E-state index contributed by atoms with van der Waals surface area (Å²) >= 11 is 22.9. The van der Waals surface area contributed by atoms with Crippen LogP contribution in [0.25, 0.3) is 0 Å². The highest BCUT2D eigenvalue weighted by atomic mass is 35.5. The van der Waals surface area contributed by atoms with Crippen molar-refractivity contribution in [2.45, 2.75) is 5.09 Å². The van der Waals surface area contributed by atoms with E-state index in [4.69, 9.17) is 23.2 Å². The lowest BCUT2D eigenvalue weighted by Gasteiger charge is -1.68. The third-order valence-corrected chi connectivity index (χ3v) is 0. The van der Waals surface area contributed by atoms with E-state index in [1.54, 1.807) is 0 Å². The minimum absolute atomic E-state index is 0.194. The van der Waals surface area contributed by atoms with Crippen LogP contribution in [0, 0.1) is 0 Å². The minimum Gasteiger partial charge on any atom is -0.212 e. The predicted octanol–water partition coefficient (Wildman–Crippen LogP) is 3.99. The van der Waals surface area contributed by atoms with E-state index in [2.05, 4.69) is 34.8 Å². The Bertz CT molecular complexity index is 23.4. The van der Waals surface area contributed by atoms with E-state index in [1.807, 2.05) is 0 Å². The molecule has 0 bridgehead atoms. The van der Waals surface area contributed by atoms with Crippen molar-refractivity contribution < 1.29 is 4.39 Å². The van der Waals surface area contributed by atoms with Crippen LogP contribution in [0.5, 0.6) is 0 Å². The van der Waals surface area contributed by atoms with E-state index in [1.165, 1.54) is 6.38 Å². The maximum absolute atomic E-state index is 10.5. The van der Waals surface area contributed by atoms with Crippen molar-refractivity contribution in [3.8, 4) is 0 Å². The molecule has 0 fully saturated rings. The summed E-state index contributed by atoms with van der Waals surface area (Å²) in [4.78, 5) is 0. The molecule has 0 saturated carbocycles. The SMILES string of the molecule is CCl.ClCCl.FC(Cl)Cl. The highest BCUT2D eigenvalue weighted by molar-refractivity contribution is 6.43. The van der Waals surface area contributed by atoms with Crippen molar-refractivity contribution in [3.05, 3.63) is 0 Å². The highest BCUT2D eigenvalue weighted by Gasteiger charge is 1.81. The third-order valence-electron chi connectivity index (χ3n) is 0. The molecule has 0 heterocycles. The average Bonchev–Trinajstić information content (AvgIpc) is 1.71. The van der Waals surface area contributed by atoms with E-state index in [9.17, 15) is 4.39 Å². The summed E-state index contributed by atoms with van der Waals surface area (Å²) in [6, 6.07) is 0. The molecular weight excluding hydrogens is 232 g/mol. The zero-order chi connectivity index (χ0) is 8.28. The first-order valence-electron chi connectivity index (χ1n) is 1.57. The minimum atomic E-state index is -1.72. The van der Waals surface area contributed by atoms with Gasteiger partial charge in [-0.05, 0) is 0 Å². The Morgan fingerprint density at radius 2 is 1.22 bits per heavy atom. The number of rotatable bonds is 0. The summed E-state index contributed by atoms with van der Waals surface area (Å²) in [5.74, 6) is 0. The van der Waals surface area contributed by atoms with Crippen molar-refractivity contribution in [1.29, 1.82) is 0 Å². The predicted molar refractivity (Wildman–Crippen MR) is 45.0 cm³/mol. The summed E-state index contributed by atoms with van der Waals surface area (Å²) in [6.07, 6.45) is 1.47. The van der Waals surface area contributed by atoms with Gasteiger partial charge in [0.25, 0.3) is 0 Å². The van der Waals surface area contributed by atoms with Gasteiger partial charge in [-0.1, -0.05) is 23.2 Å². The zero-order valence-corrected chi connectivity index (χ0v) is 8.33. The first-order chi connectivity index (χ1) is 4.15. The quantitative estimate of drug-likeness (QED) is 0.560. The Morgan fingerprint density at radius 1 is 1.22 bits per heavy atom. The summed E-state index contributed by atoms with van der Waals surface area (Å²) < 4.78 is 10.5. The van der Waals surface area contributed by atoms with Gasteiger partial charge < -0.3 is 0 Å². The molecule has 0 spiro atoms. The maximum Gasteiger partial charge on any atom is 0.247 e. The fourth-order valence-electron chi connectivity index (χ4n) is 0. The lowest BCUT2D eigenvalue weighted by Crippen LogP contribution is -1.58. The molecule has 0 aromatic carbocycles. The van der Waals surface area contributed by atoms with Crippen LogP contribution in [0.3, 0.4) is 0 Å². The fraction of sp³-hybridized carbons (Fsp3) is 1.00. The van der Waals surface area contributed by atoms with Gasteiger partial charge >= 0.3 is 0 Å². The van der Waals surface area contributed by atoms with Crippen molar-refractivity contribution in [3.63, 3.8) is 0 Å². The third kappa shape index (κ3) is 268. The molecule has 0 aromatic heterocycles. The highest BCUT2D eigenvalue weighted by Crippen LogP contribution is 1.98. The van der Waals surface area contributed by atoms with Crippen molar-refractivity contribution in [1.82, 2.24) is 0 Å². The Hall–Kier alpha value is 1.38. The molecule has 0 atom stereocenters. The van der Waals surface area contributed by atoms with Crippen LogP contribution in [-0.4, -0.2) is 16.8 Å². The van der Waals surface area contributed by atoms with Gasteiger partial charge in [0, 0.05) is 6.38 Å². The van der Waals surface area contributed by atoms with Gasteiger partial charge in [-0.2, -0.15) is 0 Å². The van der Waals surface area contributed by atoms with Gasteiger partial charge in [0.05, 0.1) is 5.34 Å². The van der Waals surface area contributed by atoms with Crippen LogP contribution < -0.4 is 0 Å². The molecule has 0 aliphatic carbocycles. The molecule has 0 amide bonds. The molecule has 60 valence electrons. The second kappa shape index (κ2) is 22.8. The summed E-state index contributed by atoms with van der Waals surface area (Å²) in [7, 11) is 0. The first kappa shape index (κ1) is 16.8. The lowest BCUT2D eigenvalue weighted by molar-refractivity contribution is 0.553. The maximum atomic E-state index is 10.5. The summed E-state index contributed by atoms with van der Waals surface area (Å²) in [5, 5.41) is -1.53. The molecule has 9 heavy (non-hydrogen) atoms. The van der Waals surface area contributed by atoms with Crippen molar-refractivity contribution in [2.24, 2.45) is 0 Å². The van der Waals surface area contributed by atoms with Crippen LogP contribution in [0.4, 0.5) is 4.39 Å². The Kier molecular flexibility index (Phi) is 42.4. The molecule has 0 aliphatic heterocycles. The second-order valence-corrected chi connectivity index (χ2v) is 2.15. The Balaban J connectivity index is -0.0000000646. The number of hydrogen-bond donors (Lipinski definition) is 0. The van der Waals surface area contributed by atoms with Crippen molar-refractivity contribution in [2.75, 3.05) is 11.7 Å². The number of halogens is 6. The van der Waals surface area contributed by atoms with E-state index in [-0.39, 0.29) is 5.34 Å². The topological polar surface area (TPSA) is 0 Å². The van der Waals surface area contributed by atoms with Crippen LogP contribution >= 0.6 is 58.0 Å². The summed E-state index contributed by atoms with van der Waals surface area (Å²) in [6.45, 7) is 0. The average molecular weight is 238 g/mol. The largest absolute Gasteiger partial charge is 0.247 e. The smallest absolute Gasteiger partial charge is 0.212 e. The van der Waals surface area contributed by atoms with E-state index < -0.39 is 5.09 Å². The number of hydrogen-bond acceptors (Lipinski definition) is 0. The number of alkyl halides is 6. The van der Waals surface area contributed by atoms with E-state index >= 15 is 0 Å². The normalized spacial score (nSPS) is 6.67. The Labute approximate surface area is 79.2 Å². The van der Waals surface area contributed by atoms with Crippen LogP contribution in [0.2, 0.25) is 0 Å². The standard InChI is InChI=1S/CHCl2F.CH2Cl2.CH3Cl/c2-1(3)4;2-1-3;1-2/h1H;1H2;1H3. The monoisotopic (exact) mass is 236 g/mol. The Morgan fingerprint density at radius 3 is 1.22 bits per heavy atom. The molecule has 0 rings (SSSR count). The van der Waals surface area contributed by atoms with Gasteiger partial charge in [0.2, 0.25) is 5.09 Å². The molecule has 6 heteroatoms. The fourth-order valence-corrected chi connectivity index (χ4v) is 0. The van der Waals surface area contributed by atoms with Crippen LogP contribution in [0.15, 0.2) is 0 Å². The molecule has 0 nitrogen and oxygen atoms in total. The van der Waals surface area contributed by atoms with Gasteiger partial charge in [-0.3, -0.25) is 0 Å². The molecule has 0 aliphatic rings. The molecule has 0 saturated heterocycles.